The highest BCUT2D eigenvalue weighted by molar-refractivity contribution is 6.32. The second-order valence-electron chi connectivity index (χ2n) is 5.43. The van der Waals surface area contributed by atoms with Gasteiger partial charge in [0.25, 0.3) is 0 Å². The highest BCUT2D eigenvalue weighted by Crippen LogP contribution is 2.23. The number of nitrogens with zero attached hydrogens (tertiary/aromatic N) is 1. The van der Waals surface area contributed by atoms with E-state index in [1.165, 1.54) is 12.0 Å². The minimum atomic E-state index is -0.964. The number of hydrogen-bond acceptors (Lipinski definition) is 5. The van der Waals surface area contributed by atoms with E-state index in [2.05, 4.69) is 9.47 Å². The molecule has 0 saturated carbocycles. The third-order valence-corrected chi connectivity index (χ3v) is 3.32. The number of benzene rings is 1. The van der Waals surface area contributed by atoms with Crippen LogP contribution in [0.5, 0.6) is 0 Å². The Balaban J connectivity index is 3.07. The van der Waals surface area contributed by atoms with Crippen LogP contribution in [-0.4, -0.2) is 42.5 Å². The van der Waals surface area contributed by atoms with Crippen molar-refractivity contribution in [1.82, 2.24) is 4.90 Å². The molecule has 22 heavy (non-hydrogen) atoms. The lowest BCUT2D eigenvalue weighted by Crippen LogP contribution is -2.51. The van der Waals surface area contributed by atoms with Crippen LogP contribution in [0.1, 0.15) is 25.8 Å². The minimum absolute atomic E-state index is 0.0287. The maximum Gasteiger partial charge on any atom is 0.396 e. The number of methoxy groups -OCH3 is 2. The van der Waals surface area contributed by atoms with E-state index in [1.54, 1.807) is 13.8 Å². The van der Waals surface area contributed by atoms with E-state index in [0.29, 0.717) is 0 Å². The summed E-state index contributed by atoms with van der Waals surface area (Å²) in [7, 11) is 2.43. The monoisotopic (exact) mass is 307 g/mol. The lowest BCUT2D eigenvalue weighted by atomic mass is 9.96. The van der Waals surface area contributed by atoms with Gasteiger partial charge in [0.15, 0.2) is 0 Å². The molecule has 6 nitrogen and oxygen atoms in total. The van der Waals surface area contributed by atoms with Gasteiger partial charge in [0, 0.05) is 12.1 Å². The number of esters is 2. The van der Waals surface area contributed by atoms with E-state index in [0.717, 1.165) is 12.7 Å². The quantitative estimate of drug-likeness (QED) is 0.609. The first kappa shape index (κ1) is 17.7. The van der Waals surface area contributed by atoms with Crippen molar-refractivity contribution in [3.63, 3.8) is 0 Å². The van der Waals surface area contributed by atoms with Gasteiger partial charge in [-0.1, -0.05) is 30.3 Å². The molecule has 0 spiro atoms. The van der Waals surface area contributed by atoms with Crippen molar-refractivity contribution >= 4 is 17.8 Å². The van der Waals surface area contributed by atoms with Gasteiger partial charge in [-0.3, -0.25) is 9.59 Å². The summed E-state index contributed by atoms with van der Waals surface area (Å²) in [5.41, 5.74) is -0.0495. The summed E-state index contributed by atoms with van der Waals surface area (Å²) in [5.74, 6) is -2.21. The van der Waals surface area contributed by atoms with Crippen molar-refractivity contribution in [3.05, 3.63) is 35.9 Å². The van der Waals surface area contributed by atoms with E-state index in [9.17, 15) is 14.4 Å². The SMILES string of the molecule is COC(=O)CC(C)(C)N(Cc1ccccc1)C(=O)C(=O)OC. The number of ether oxygens (including phenoxy) is 2. The fourth-order valence-corrected chi connectivity index (χ4v) is 2.05. The largest absolute Gasteiger partial charge is 0.469 e. The second kappa shape index (κ2) is 7.59. The van der Waals surface area contributed by atoms with E-state index in [1.807, 2.05) is 30.3 Å². The molecule has 0 radical (unpaired) electrons. The summed E-state index contributed by atoms with van der Waals surface area (Å²) >= 11 is 0. The molecule has 6 heteroatoms. The van der Waals surface area contributed by atoms with Crippen molar-refractivity contribution < 1.29 is 23.9 Å². The fraction of sp³-hybridized carbons (Fsp3) is 0.438. The molecular weight excluding hydrogens is 286 g/mol. The summed E-state index contributed by atoms with van der Waals surface area (Å²) in [5, 5.41) is 0. The van der Waals surface area contributed by atoms with E-state index < -0.39 is 23.4 Å². The maximum absolute atomic E-state index is 12.3. The summed E-state index contributed by atoms with van der Waals surface area (Å²) in [6, 6.07) is 9.21. The van der Waals surface area contributed by atoms with Crippen molar-refractivity contribution in [3.8, 4) is 0 Å². The fourth-order valence-electron chi connectivity index (χ4n) is 2.05. The van der Waals surface area contributed by atoms with E-state index in [4.69, 9.17) is 0 Å². The average molecular weight is 307 g/mol. The van der Waals surface area contributed by atoms with Gasteiger partial charge < -0.3 is 14.4 Å². The Labute approximate surface area is 130 Å². The molecule has 1 aromatic carbocycles. The predicted molar refractivity (Wildman–Crippen MR) is 79.7 cm³/mol. The Morgan fingerprint density at radius 3 is 2.14 bits per heavy atom. The molecule has 0 aromatic heterocycles. The first-order valence-electron chi connectivity index (χ1n) is 6.82. The van der Waals surface area contributed by atoms with Crippen LogP contribution in [0.4, 0.5) is 0 Å². The van der Waals surface area contributed by atoms with Crippen molar-refractivity contribution in [2.24, 2.45) is 0 Å². The summed E-state index contributed by atoms with van der Waals surface area (Å²) in [6.45, 7) is 3.60. The summed E-state index contributed by atoms with van der Waals surface area (Å²) < 4.78 is 9.17. The van der Waals surface area contributed by atoms with Gasteiger partial charge in [-0.25, -0.2) is 4.79 Å². The molecule has 0 heterocycles. The van der Waals surface area contributed by atoms with Gasteiger partial charge in [-0.05, 0) is 19.4 Å². The maximum atomic E-state index is 12.3. The van der Waals surface area contributed by atoms with Gasteiger partial charge in [-0.2, -0.15) is 0 Å². The highest BCUT2D eigenvalue weighted by Gasteiger charge is 2.37. The van der Waals surface area contributed by atoms with Crippen LogP contribution in [0.15, 0.2) is 30.3 Å². The van der Waals surface area contributed by atoms with Crippen LogP contribution in [0.25, 0.3) is 0 Å². The van der Waals surface area contributed by atoms with Gasteiger partial charge in [0.05, 0.1) is 20.6 Å². The van der Waals surface area contributed by atoms with Crippen LogP contribution < -0.4 is 0 Å². The Hall–Kier alpha value is -2.37. The Morgan fingerprint density at radius 2 is 1.64 bits per heavy atom. The number of rotatable bonds is 5. The normalized spacial score (nSPS) is 10.7. The minimum Gasteiger partial charge on any atom is -0.469 e. The molecule has 0 aliphatic heterocycles. The smallest absolute Gasteiger partial charge is 0.396 e. The molecule has 120 valence electrons. The second-order valence-corrected chi connectivity index (χ2v) is 5.43. The number of carbonyl (C=O) groups is 3. The molecule has 0 atom stereocenters. The third-order valence-electron chi connectivity index (χ3n) is 3.32. The molecular formula is C16H21NO5. The van der Waals surface area contributed by atoms with Crippen LogP contribution in [0.3, 0.4) is 0 Å². The topological polar surface area (TPSA) is 72.9 Å². The first-order chi connectivity index (χ1) is 10.3. The molecule has 0 fully saturated rings. The average Bonchev–Trinajstić information content (AvgIpc) is 2.51. The standard InChI is InChI=1S/C16H21NO5/c1-16(2,10-13(18)21-3)17(14(19)15(20)22-4)11-12-8-6-5-7-9-12/h5-9H,10-11H2,1-4H3. The molecule has 1 rings (SSSR count). The Kier molecular flexibility index (Phi) is 6.10. The van der Waals surface area contributed by atoms with Crippen molar-refractivity contribution in [2.45, 2.75) is 32.4 Å². The van der Waals surface area contributed by atoms with Crippen LogP contribution >= 0.6 is 0 Å². The van der Waals surface area contributed by atoms with Gasteiger partial charge in [0.1, 0.15) is 0 Å². The molecule has 0 aliphatic rings. The molecule has 0 bridgehead atoms. The third kappa shape index (κ3) is 4.58. The summed E-state index contributed by atoms with van der Waals surface area (Å²) in [4.78, 5) is 36.8. The van der Waals surface area contributed by atoms with Crippen LogP contribution in [0.2, 0.25) is 0 Å². The number of hydrogen-bond donors (Lipinski definition) is 0. The zero-order valence-electron chi connectivity index (χ0n) is 13.3. The van der Waals surface area contributed by atoms with Crippen molar-refractivity contribution in [2.75, 3.05) is 14.2 Å². The zero-order chi connectivity index (χ0) is 16.8. The highest BCUT2D eigenvalue weighted by atomic mass is 16.5. The van der Waals surface area contributed by atoms with Crippen LogP contribution in [0, 0.1) is 0 Å². The zero-order valence-corrected chi connectivity index (χ0v) is 13.3. The van der Waals surface area contributed by atoms with Gasteiger partial charge >= 0.3 is 17.8 Å². The van der Waals surface area contributed by atoms with Crippen molar-refractivity contribution in [1.29, 1.82) is 0 Å². The van der Waals surface area contributed by atoms with Crippen LogP contribution in [-0.2, 0) is 30.4 Å². The van der Waals surface area contributed by atoms with E-state index >= 15 is 0 Å². The van der Waals surface area contributed by atoms with Gasteiger partial charge in [0.2, 0.25) is 0 Å². The Morgan fingerprint density at radius 1 is 1.05 bits per heavy atom. The van der Waals surface area contributed by atoms with E-state index in [-0.39, 0.29) is 13.0 Å². The van der Waals surface area contributed by atoms with Gasteiger partial charge in [-0.15, -0.1) is 0 Å². The lowest BCUT2D eigenvalue weighted by Gasteiger charge is -2.37. The lowest BCUT2D eigenvalue weighted by molar-refractivity contribution is -0.163. The number of carbonyl (C=O) groups excluding carboxylic acids is 3. The number of amides is 1. The first-order valence-corrected chi connectivity index (χ1v) is 6.82. The summed E-state index contributed by atoms with van der Waals surface area (Å²) in [6.07, 6.45) is -0.0287. The molecule has 0 aliphatic carbocycles. The Bertz CT molecular complexity index is 539. The molecule has 1 aromatic rings. The molecule has 0 unspecified atom stereocenters. The molecule has 0 N–H and O–H groups in total. The molecule has 0 saturated heterocycles. The molecule has 1 amide bonds. The predicted octanol–water partition coefficient (Wildman–Crippen LogP) is 1.53.